The number of fused-ring (bicyclic) bond motifs is 1. The number of aliphatic carboxylic acids is 1. The number of carboxylic acid groups (broad SMARTS) is 1. The number of ether oxygens (including phenoxy) is 3. The maximum Gasteiger partial charge on any atom is 0.303 e. The van der Waals surface area contributed by atoms with E-state index in [0.29, 0.717) is 19.4 Å². The van der Waals surface area contributed by atoms with Crippen molar-refractivity contribution in [2.75, 3.05) is 6.61 Å². The van der Waals surface area contributed by atoms with Crippen molar-refractivity contribution in [2.45, 2.75) is 39.2 Å². The van der Waals surface area contributed by atoms with Crippen LogP contribution in [0.1, 0.15) is 30.9 Å². The van der Waals surface area contributed by atoms with Crippen LogP contribution >= 0.6 is 0 Å². The third kappa shape index (κ3) is 6.76. The van der Waals surface area contributed by atoms with E-state index in [0.717, 1.165) is 44.9 Å². The van der Waals surface area contributed by atoms with E-state index in [2.05, 4.69) is 6.07 Å². The van der Waals surface area contributed by atoms with Gasteiger partial charge in [0.1, 0.15) is 23.0 Å². The van der Waals surface area contributed by atoms with E-state index in [-0.39, 0.29) is 12.5 Å². The second kappa shape index (κ2) is 11.4. The Kier molecular flexibility index (Phi) is 7.88. The van der Waals surface area contributed by atoms with Gasteiger partial charge in [0.05, 0.1) is 12.7 Å². The van der Waals surface area contributed by atoms with Crippen molar-refractivity contribution >= 4 is 16.7 Å². The molecule has 0 amide bonds. The Hall–Kier alpha value is -3.99. The van der Waals surface area contributed by atoms with Crippen LogP contribution in [0.4, 0.5) is 0 Å². The minimum atomic E-state index is -0.788. The lowest BCUT2D eigenvalue weighted by Gasteiger charge is -2.18. The highest BCUT2D eigenvalue weighted by Gasteiger charge is 2.11. The van der Waals surface area contributed by atoms with E-state index in [9.17, 15) is 4.79 Å². The number of aryl methyl sites for hydroxylation is 2. The Balaban J connectivity index is 1.37. The van der Waals surface area contributed by atoms with Gasteiger partial charge in [0, 0.05) is 24.3 Å². The van der Waals surface area contributed by atoms with Crippen LogP contribution < -0.4 is 14.2 Å². The molecule has 4 aromatic carbocycles. The zero-order chi connectivity index (χ0) is 24.6. The van der Waals surface area contributed by atoms with Gasteiger partial charge in [0.15, 0.2) is 0 Å². The third-order valence-corrected chi connectivity index (χ3v) is 5.82. The van der Waals surface area contributed by atoms with Gasteiger partial charge in [-0.15, -0.1) is 0 Å². The summed E-state index contributed by atoms with van der Waals surface area (Å²) < 4.78 is 18.3. The molecule has 4 aromatic rings. The van der Waals surface area contributed by atoms with Gasteiger partial charge in [-0.25, -0.2) is 0 Å². The van der Waals surface area contributed by atoms with Crippen molar-refractivity contribution in [3.63, 3.8) is 0 Å². The predicted molar refractivity (Wildman–Crippen MR) is 138 cm³/mol. The van der Waals surface area contributed by atoms with E-state index in [1.165, 1.54) is 0 Å². The molecular weight excluding hydrogens is 440 g/mol. The number of hydrogen-bond donors (Lipinski definition) is 1. The van der Waals surface area contributed by atoms with Crippen LogP contribution in [0.3, 0.4) is 0 Å². The Morgan fingerprint density at radius 2 is 1.66 bits per heavy atom. The van der Waals surface area contributed by atoms with E-state index < -0.39 is 5.97 Å². The average Bonchev–Trinajstić information content (AvgIpc) is 2.84. The molecule has 0 saturated heterocycles. The Bertz CT molecular complexity index is 1280. The Morgan fingerprint density at radius 3 is 2.43 bits per heavy atom. The molecule has 0 radical (unpaired) electrons. The zero-order valence-corrected chi connectivity index (χ0v) is 20.1. The summed E-state index contributed by atoms with van der Waals surface area (Å²) in [6, 6.07) is 27.6. The van der Waals surface area contributed by atoms with Gasteiger partial charge in [-0.3, -0.25) is 4.79 Å². The lowest BCUT2D eigenvalue weighted by Crippen LogP contribution is -2.16. The Labute approximate surface area is 205 Å². The van der Waals surface area contributed by atoms with Gasteiger partial charge in [0.2, 0.25) is 0 Å². The van der Waals surface area contributed by atoms with Crippen LogP contribution in [-0.2, 0) is 11.2 Å². The first-order valence-corrected chi connectivity index (χ1v) is 11.8. The van der Waals surface area contributed by atoms with Gasteiger partial charge in [-0.05, 0) is 67.1 Å². The van der Waals surface area contributed by atoms with Crippen molar-refractivity contribution in [3.8, 4) is 23.0 Å². The minimum absolute atomic E-state index is 0.0586. The highest BCUT2D eigenvalue weighted by molar-refractivity contribution is 5.90. The first kappa shape index (κ1) is 24.1. The maximum absolute atomic E-state index is 10.8. The van der Waals surface area contributed by atoms with E-state index >= 15 is 0 Å². The molecule has 1 N–H and O–H groups in total. The molecule has 0 bridgehead atoms. The Morgan fingerprint density at radius 1 is 0.886 bits per heavy atom. The second-order valence-corrected chi connectivity index (χ2v) is 8.61. The van der Waals surface area contributed by atoms with Crippen molar-refractivity contribution in [2.24, 2.45) is 0 Å². The first-order chi connectivity index (χ1) is 17.0. The predicted octanol–water partition coefficient (Wildman–Crippen LogP) is 7.19. The molecule has 180 valence electrons. The SMILES string of the molecule is Cc1cc(OCCC(C)Oc2cc(Oc3ccccc3)c3ccccc3c2)ccc1CCC(=O)O. The summed E-state index contributed by atoms with van der Waals surface area (Å²) >= 11 is 0. The van der Waals surface area contributed by atoms with Crippen molar-refractivity contribution in [1.29, 1.82) is 0 Å². The highest BCUT2D eigenvalue weighted by atomic mass is 16.5. The van der Waals surface area contributed by atoms with Crippen molar-refractivity contribution in [3.05, 3.63) is 96.1 Å². The lowest BCUT2D eigenvalue weighted by molar-refractivity contribution is -0.136. The molecule has 0 fully saturated rings. The molecule has 4 rings (SSSR count). The zero-order valence-electron chi connectivity index (χ0n) is 20.1. The molecule has 0 heterocycles. The quantitative estimate of drug-likeness (QED) is 0.251. The van der Waals surface area contributed by atoms with Crippen LogP contribution in [0.2, 0.25) is 0 Å². The molecule has 5 nitrogen and oxygen atoms in total. The molecule has 0 spiro atoms. The van der Waals surface area contributed by atoms with Crippen LogP contribution in [0, 0.1) is 6.92 Å². The summed E-state index contributed by atoms with van der Waals surface area (Å²) in [6.45, 7) is 4.51. The number of carboxylic acids is 1. The molecule has 0 aliphatic heterocycles. The fraction of sp³-hybridized carbons (Fsp3) is 0.233. The molecule has 0 aromatic heterocycles. The maximum atomic E-state index is 10.8. The van der Waals surface area contributed by atoms with Gasteiger partial charge >= 0.3 is 5.97 Å². The van der Waals surface area contributed by atoms with Gasteiger partial charge < -0.3 is 19.3 Å². The summed E-state index contributed by atoms with van der Waals surface area (Å²) in [5, 5.41) is 11.0. The monoisotopic (exact) mass is 470 g/mol. The summed E-state index contributed by atoms with van der Waals surface area (Å²) in [6.07, 6.45) is 1.30. The molecule has 0 aliphatic rings. The summed E-state index contributed by atoms with van der Waals surface area (Å²) in [5.41, 5.74) is 2.07. The first-order valence-electron chi connectivity index (χ1n) is 11.8. The molecule has 35 heavy (non-hydrogen) atoms. The van der Waals surface area contributed by atoms with Crippen LogP contribution in [0.25, 0.3) is 10.8 Å². The highest BCUT2D eigenvalue weighted by Crippen LogP contribution is 2.34. The summed E-state index contributed by atoms with van der Waals surface area (Å²) in [4.78, 5) is 10.8. The lowest BCUT2D eigenvalue weighted by atomic mass is 10.0. The number of rotatable bonds is 11. The average molecular weight is 471 g/mol. The van der Waals surface area contributed by atoms with Gasteiger partial charge in [-0.1, -0.05) is 48.5 Å². The second-order valence-electron chi connectivity index (χ2n) is 8.61. The molecular formula is C30H30O5. The smallest absolute Gasteiger partial charge is 0.303 e. The molecule has 0 aliphatic carbocycles. The van der Waals surface area contributed by atoms with Crippen LogP contribution in [-0.4, -0.2) is 23.8 Å². The molecule has 1 atom stereocenters. The normalized spacial score (nSPS) is 11.7. The number of carbonyl (C=O) groups is 1. The van der Waals surface area contributed by atoms with Gasteiger partial charge in [0.25, 0.3) is 0 Å². The summed E-state index contributed by atoms with van der Waals surface area (Å²) in [7, 11) is 0. The number of hydrogen-bond acceptors (Lipinski definition) is 4. The number of benzene rings is 4. The van der Waals surface area contributed by atoms with Crippen molar-refractivity contribution < 1.29 is 24.1 Å². The van der Waals surface area contributed by atoms with Crippen LogP contribution in [0.15, 0.2) is 84.9 Å². The standard InChI is InChI=1S/C30H30O5/c1-21-18-26(14-12-23(21)13-15-30(31)32)33-17-16-22(2)34-27-19-24-8-6-7-11-28(24)29(20-27)35-25-9-4-3-5-10-25/h3-12,14,18-20,22H,13,15-17H2,1-2H3,(H,31,32). The van der Waals surface area contributed by atoms with Crippen molar-refractivity contribution in [1.82, 2.24) is 0 Å². The van der Waals surface area contributed by atoms with E-state index in [4.69, 9.17) is 19.3 Å². The topological polar surface area (TPSA) is 65.0 Å². The minimum Gasteiger partial charge on any atom is -0.493 e. The fourth-order valence-electron chi connectivity index (χ4n) is 3.93. The number of para-hydroxylation sites is 1. The van der Waals surface area contributed by atoms with Crippen LogP contribution in [0.5, 0.6) is 23.0 Å². The molecule has 1 unspecified atom stereocenters. The molecule has 5 heteroatoms. The van der Waals surface area contributed by atoms with Gasteiger partial charge in [-0.2, -0.15) is 0 Å². The fourth-order valence-corrected chi connectivity index (χ4v) is 3.93. The molecule has 0 saturated carbocycles. The largest absolute Gasteiger partial charge is 0.493 e. The van der Waals surface area contributed by atoms with E-state index in [1.54, 1.807) is 0 Å². The third-order valence-electron chi connectivity index (χ3n) is 5.82. The van der Waals surface area contributed by atoms with E-state index in [1.807, 2.05) is 92.7 Å². The summed E-state index contributed by atoms with van der Waals surface area (Å²) in [5.74, 6) is 2.27.